The molecule has 2 fully saturated rings. The van der Waals surface area contributed by atoms with E-state index in [0.717, 1.165) is 54.4 Å². The highest BCUT2D eigenvalue weighted by Crippen LogP contribution is 2.27. The van der Waals surface area contributed by atoms with Crippen molar-refractivity contribution in [3.63, 3.8) is 0 Å². The number of nitrogens with zero attached hydrogens (tertiary/aromatic N) is 2. The van der Waals surface area contributed by atoms with Crippen molar-refractivity contribution in [2.24, 2.45) is 0 Å². The summed E-state index contributed by atoms with van der Waals surface area (Å²) >= 11 is 0. The molecule has 2 aromatic rings. The molecule has 0 radical (unpaired) electrons. The highest BCUT2D eigenvalue weighted by atomic mass is 16.6. The molecule has 2 aromatic carbocycles. The van der Waals surface area contributed by atoms with Gasteiger partial charge < -0.3 is 14.8 Å². The molecule has 0 aliphatic carbocycles. The maximum Gasteiger partial charge on any atom is 0.419 e. The number of rotatable bonds is 3. The second kappa shape index (κ2) is 10.3. The lowest BCUT2D eigenvalue weighted by Gasteiger charge is -2.26. The summed E-state index contributed by atoms with van der Waals surface area (Å²) in [4.78, 5) is 28.3. The average molecular weight is 462 g/mol. The lowest BCUT2D eigenvalue weighted by molar-refractivity contribution is 0.0298. The molecule has 0 aromatic heterocycles. The second-order valence-corrected chi connectivity index (χ2v) is 9.51. The summed E-state index contributed by atoms with van der Waals surface area (Å²) in [6.07, 6.45) is -0.645. The Morgan fingerprint density at radius 3 is 2.21 bits per heavy atom. The molecule has 178 valence electrons. The van der Waals surface area contributed by atoms with Crippen molar-refractivity contribution in [2.45, 2.75) is 39.0 Å². The molecular formula is C27H31N3O4. The lowest BCUT2D eigenvalue weighted by Crippen LogP contribution is -2.40. The number of urea groups is 1. The van der Waals surface area contributed by atoms with E-state index in [1.54, 1.807) is 20.8 Å². The summed E-state index contributed by atoms with van der Waals surface area (Å²) in [5.41, 5.74) is 3.26. The molecule has 2 aliphatic heterocycles. The lowest BCUT2D eigenvalue weighted by atomic mass is 10.0. The minimum absolute atomic E-state index is 0.347. The van der Waals surface area contributed by atoms with Crippen LogP contribution in [0.1, 0.15) is 49.1 Å². The van der Waals surface area contributed by atoms with Crippen LogP contribution in [-0.4, -0.2) is 60.4 Å². The van der Waals surface area contributed by atoms with Crippen LogP contribution in [0.15, 0.2) is 48.5 Å². The summed E-state index contributed by atoms with van der Waals surface area (Å²) in [5, 5.41) is 2.73. The first kappa shape index (κ1) is 23.8. The fourth-order valence-electron chi connectivity index (χ4n) is 3.93. The van der Waals surface area contributed by atoms with E-state index in [9.17, 15) is 9.59 Å². The number of carbonyl (C=O) groups excluding carboxylic acids is 2. The van der Waals surface area contributed by atoms with Crippen molar-refractivity contribution >= 4 is 12.1 Å². The molecule has 7 nitrogen and oxygen atoms in total. The Morgan fingerprint density at radius 2 is 1.62 bits per heavy atom. The van der Waals surface area contributed by atoms with E-state index in [1.807, 2.05) is 36.4 Å². The standard InChI is InChI=1S/C27H31N3O4/c1-27(2,3)34-26(32)30-24(18-28-25(30)31)23-12-10-21(11-13-23)5-4-20-6-8-22(9-7-20)19-29-14-16-33-17-15-29/h6-13,24H,14-19H2,1-3H3,(H,28,31). The van der Waals surface area contributed by atoms with Crippen LogP contribution in [0.25, 0.3) is 0 Å². The topological polar surface area (TPSA) is 71.1 Å². The van der Waals surface area contributed by atoms with Gasteiger partial charge in [0.15, 0.2) is 0 Å². The Labute approximate surface area is 201 Å². The first-order valence-corrected chi connectivity index (χ1v) is 11.6. The van der Waals surface area contributed by atoms with Gasteiger partial charge in [-0.15, -0.1) is 0 Å². The first-order valence-electron chi connectivity index (χ1n) is 11.6. The zero-order valence-electron chi connectivity index (χ0n) is 20.0. The first-order chi connectivity index (χ1) is 16.3. The molecule has 2 heterocycles. The van der Waals surface area contributed by atoms with Crippen LogP contribution in [0, 0.1) is 11.8 Å². The summed E-state index contributed by atoms with van der Waals surface area (Å²) in [5.74, 6) is 6.39. The maximum atomic E-state index is 12.5. The van der Waals surface area contributed by atoms with Crippen LogP contribution in [0.5, 0.6) is 0 Å². The molecule has 2 aliphatic rings. The number of benzene rings is 2. The molecule has 0 saturated carbocycles. The molecule has 0 spiro atoms. The van der Waals surface area contributed by atoms with Crippen LogP contribution in [0.3, 0.4) is 0 Å². The third-order valence-corrected chi connectivity index (χ3v) is 5.68. The van der Waals surface area contributed by atoms with Gasteiger partial charge in [0.25, 0.3) is 0 Å². The Hall–Kier alpha value is -3.34. The number of hydrogen-bond acceptors (Lipinski definition) is 5. The zero-order chi connectivity index (χ0) is 24.1. The molecule has 1 N–H and O–H groups in total. The number of amides is 3. The number of ether oxygens (including phenoxy) is 2. The Morgan fingerprint density at radius 1 is 1.03 bits per heavy atom. The normalized spacial score (nSPS) is 18.7. The average Bonchev–Trinajstić information content (AvgIpc) is 3.20. The molecule has 3 amide bonds. The fraction of sp³-hybridized carbons (Fsp3) is 0.407. The highest BCUT2D eigenvalue weighted by molar-refractivity contribution is 5.93. The Kier molecular flexibility index (Phi) is 7.20. The van der Waals surface area contributed by atoms with Gasteiger partial charge in [0, 0.05) is 37.3 Å². The van der Waals surface area contributed by atoms with E-state index >= 15 is 0 Å². The quantitative estimate of drug-likeness (QED) is 0.702. The van der Waals surface area contributed by atoms with Gasteiger partial charge in [-0.1, -0.05) is 36.1 Å². The predicted octanol–water partition coefficient (Wildman–Crippen LogP) is 3.92. The van der Waals surface area contributed by atoms with Crippen LogP contribution in [0.4, 0.5) is 9.59 Å². The van der Waals surface area contributed by atoms with Gasteiger partial charge in [0.05, 0.1) is 19.3 Å². The number of carbonyl (C=O) groups is 2. The fourth-order valence-corrected chi connectivity index (χ4v) is 3.93. The van der Waals surface area contributed by atoms with Crippen molar-refractivity contribution in [3.8, 4) is 11.8 Å². The van der Waals surface area contributed by atoms with Gasteiger partial charge in [-0.3, -0.25) is 4.90 Å². The summed E-state index contributed by atoms with van der Waals surface area (Å²) in [6, 6.07) is 15.1. The molecule has 4 rings (SSSR count). The van der Waals surface area contributed by atoms with E-state index in [1.165, 1.54) is 5.56 Å². The predicted molar refractivity (Wildman–Crippen MR) is 129 cm³/mol. The largest absolute Gasteiger partial charge is 0.443 e. The maximum absolute atomic E-state index is 12.5. The summed E-state index contributed by atoms with van der Waals surface area (Å²) in [6.45, 7) is 10.1. The summed E-state index contributed by atoms with van der Waals surface area (Å²) in [7, 11) is 0. The van der Waals surface area contributed by atoms with Crippen molar-refractivity contribution in [2.75, 3.05) is 32.8 Å². The minimum Gasteiger partial charge on any atom is -0.443 e. The number of nitrogens with one attached hydrogen (secondary N) is 1. The monoisotopic (exact) mass is 461 g/mol. The number of morpholine rings is 1. The Balaban J connectivity index is 1.39. The minimum atomic E-state index is -0.676. The highest BCUT2D eigenvalue weighted by Gasteiger charge is 2.39. The molecule has 1 unspecified atom stereocenters. The van der Waals surface area contributed by atoms with Crippen molar-refractivity contribution in [1.82, 2.24) is 15.1 Å². The van der Waals surface area contributed by atoms with E-state index in [4.69, 9.17) is 9.47 Å². The number of imide groups is 1. The van der Waals surface area contributed by atoms with E-state index in [0.29, 0.717) is 6.54 Å². The van der Waals surface area contributed by atoms with E-state index in [2.05, 4.69) is 34.2 Å². The molecular weight excluding hydrogens is 430 g/mol. The third kappa shape index (κ3) is 6.16. The molecule has 7 heteroatoms. The van der Waals surface area contributed by atoms with Crippen molar-refractivity contribution in [3.05, 3.63) is 70.8 Å². The van der Waals surface area contributed by atoms with Crippen LogP contribution >= 0.6 is 0 Å². The van der Waals surface area contributed by atoms with Crippen LogP contribution in [0.2, 0.25) is 0 Å². The van der Waals surface area contributed by atoms with Gasteiger partial charge in [-0.2, -0.15) is 0 Å². The van der Waals surface area contributed by atoms with Gasteiger partial charge in [0.2, 0.25) is 0 Å². The molecule has 0 bridgehead atoms. The molecule has 1 atom stereocenters. The smallest absolute Gasteiger partial charge is 0.419 e. The van der Waals surface area contributed by atoms with Gasteiger partial charge >= 0.3 is 12.1 Å². The molecule has 34 heavy (non-hydrogen) atoms. The van der Waals surface area contributed by atoms with Crippen molar-refractivity contribution in [1.29, 1.82) is 0 Å². The van der Waals surface area contributed by atoms with E-state index < -0.39 is 23.8 Å². The SMILES string of the molecule is CC(C)(C)OC(=O)N1C(=O)NCC1c1ccc(C#Cc2ccc(CN3CCOCC3)cc2)cc1. The van der Waals surface area contributed by atoms with Gasteiger partial charge in [-0.25, -0.2) is 14.5 Å². The zero-order valence-corrected chi connectivity index (χ0v) is 20.0. The van der Waals surface area contributed by atoms with E-state index in [-0.39, 0.29) is 0 Å². The third-order valence-electron chi connectivity index (χ3n) is 5.68. The van der Waals surface area contributed by atoms with Gasteiger partial charge in [-0.05, 0) is 56.2 Å². The summed E-state index contributed by atoms with van der Waals surface area (Å²) < 4.78 is 10.8. The van der Waals surface area contributed by atoms with Gasteiger partial charge in [0.1, 0.15) is 5.60 Å². The molecule has 2 saturated heterocycles. The Bertz CT molecular complexity index is 1070. The van der Waals surface area contributed by atoms with Crippen molar-refractivity contribution < 1.29 is 19.1 Å². The number of hydrogen-bond donors (Lipinski definition) is 1. The van der Waals surface area contributed by atoms with Crippen LogP contribution < -0.4 is 5.32 Å². The second-order valence-electron chi connectivity index (χ2n) is 9.51. The van der Waals surface area contributed by atoms with Crippen LogP contribution in [-0.2, 0) is 16.0 Å².